The maximum atomic E-state index is 11.8. The van der Waals surface area contributed by atoms with E-state index in [9.17, 15) is 4.79 Å². The van der Waals surface area contributed by atoms with Crippen LogP contribution in [-0.2, 0) is 11.3 Å². The third-order valence-electron chi connectivity index (χ3n) is 5.41. The van der Waals surface area contributed by atoms with Gasteiger partial charge in [-0.3, -0.25) is 9.69 Å². The number of hydrogen-bond donors (Lipinski definition) is 2. The summed E-state index contributed by atoms with van der Waals surface area (Å²) in [5.74, 6) is 0.939. The van der Waals surface area contributed by atoms with Crippen molar-refractivity contribution in [2.24, 2.45) is 5.73 Å². The Balaban J connectivity index is 0.00000300. The number of benzene rings is 2. The minimum atomic E-state index is 0. The lowest BCUT2D eigenvalue weighted by molar-refractivity contribution is -0.121. The van der Waals surface area contributed by atoms with Crippen molar-refractivity contribution in [1.29, 1.82) is 0 Å². The van der Waals surface area contributed by atoms with Gasteiger partial charge >= 0.3 is 0 Å². The summed E-state index contributed by atoms with van der Waals surface area (Å²) in [6.07, 6.45) is 3.96. The Labute approximate surface area is 180 Å². The zero-order valence-corrected chi connectivity index (χ0v) is 17.9. The molecule has 0 aliphatic carbocycles. The van der Waals surface area contributed by atoms with Gasteiger partial charge in [0.05, 0.1) is 7.11 Å². The van der Waals surface area contributed by atoms with Crippen molar-refractivity contribution >= 4 is 18.3 Å². The Morgan fingerprint density at radius 2 is 1.93 bits per heavy atom. The van der Waals surface area contributed by atoms with Crippen LogP contribution in [0, 0.1) is 0 Å². The van der Waals surface area contributed by atoms with Crippen LogP contribution >= 0.6 is 12.4 Å². The minimum Gasteiger partial charge on any atom is -0.496 e. The molecule has 2 aromatic carbocycles. The normalized spacial score (nSPS) is 16.7. The van der Waals surface area contributed by atoms with Gasteiger partial charge in [-0.25, -0.2) is 0 Å². The van der Waals surface area contributed by atoms with Crippen LogP contribution in [0.5, 0.6) is 5.75 Å². The first kappa shape index (κ1) is 23.2. The Morgan fingerprint density at radius 3 is 2.66 bits per heavy atom. The second-order valence-corrected chi connectivity index (χ2v) is 7.36. The van der Waals surface area contributed by atoms with Crippen LogP contribution in [0.1, 0.15) is 31.2 Å². The number of amides is 1. The molecule has 6 heteroatoms. The predicted molar refractivity (Wildman–Crippen MR) is 120 cm³/mol. The van der Waals surface area contributed by atoms with Gasteiger partial charge in [-0.05, 0) is 36.6 Å². The van der Waals surface area contributed by atoms with Gasteiger partial charge in [0.15, 0.2) is 0 Å². The summed E-state index contributed by atoms with van der Waals surface area (Å²) >= 11 is 0. The number of para-hydroxylation sites is 1. The van der Waals surface area contributed by atoms with Gasteiger partial charge in [0, 0.05) is 37.7 Å². The molecular formula is C23H32ClN3O2. The van der Waals surface area contributed by atoms with Crippen LogP contribution in [0.25, 0.3) is 11.1 Å². The van der Waals surface area contributed by atoms with Gasteiger partial charge in [-0.2, -0.15) is 0 Å². The highest BCUT2D eigenvalue weighted by Crippen LogP contribution is 2.30. The second kappa shape index (κ2) is 11.8. The van der Waals surface area contributed by atoms with Crippen LogP contribution in [0.2, 0.25) is 0 Å². The standard InChI is InChI=1S/C23H31N3O2.ClH/c1-28-22-8-3-2-7-21(22)19-11-9-18(10-12-19)17-26-15-5-4-6-20(26)16-25-23(27)13-14-24;/h2-3,7-12,20H,4-6,13-17,24H2,1H3,(H,25,27);1H. The summed E-state index contributed by atoms with van der Waals surface area (Å²) in [4.78, 5) is 14.2. The number of rotatable bonds is 8. The van der Waals surface area contributed by atoms with E-state index in [1.54, 1.807) is 7.11 Å². The lowest BCUT2D eigenvalue weighted by Gasteiger charge is -2.36. The largest absolute Gasteiger partial charge is 0.496 e. The highest BCUT2D eigenvalue weighted by atomic mass is 35.5. The molecular weight excluding hydrogens is 386 g/mol. The summed E-state index contributed by atoms with van der Waals surface area (Å²) < 4.78 is 5.48. The molecule has 5 nitrogen and oxygen atoms in total. The van der Waals surface area contributed by atoms with Crippen LogP contribution in [0.15, 0.2) is 48.5 Å². The molecule has 0 bridgehead atoms. The van der Waals surface area contributed by atoms with E-state index in [1.807, 2.05) is 18.2 Å². The van der Waals surface area contributed by atoms with Crippen LogP contribution in [0.4, 0.5) is 0 Å². The van der Waals surface area contributed by atoms with Gasteiger partial charge in [-0.1, -0.05) is 48.9 Å². The maximum absolute atomic E-state index is 11.8. The number of piperidine rings is 1. The van der Waals surface area contributed by atoms with Crippen molar-refractivity contribution in [3.8, 4) is 16.9 Å². The molecule has 0 aromatic heterocycles. The van der Waals surface area contributed by atoms with E-state index in [1.165, 1.54) is 18.4 Å². The molecule has 3 N–H and O–H groups in total. The van der Waals surface area contributed by atoms with E-state index >= 15 is 0 Å². The second-order valence-electron chi connectivity index (χ2n) is 7.36. The zero-order valence-electron chi connectivity index (χ0n) is 17.1. The fourth-order valence-corrected chi connectivity index (χ4v) is 3.86. The van der Waals surface area contributed by atoms with Crippen molar-refractivity contribution in [1.82, 2.24) is 10.2 Å². The third kappa shape index (κ3) is 6.46. The lowest BCUT2D eigenvalue weighted by Crippen LogP contribution is -2.46. The van der Waals surface area contributed by atoms with E-state index in [2.05, 4.69) is 40.5 Å². The Hall–Kier alpha value is -2.08. The highest BCUT2D eigenvalue weighted by molar-refractivity contribution is 5.85. The van der Waals surface area contributed by atoms with E-state index in [0.29, 0.717) is 25.6 Å². The SMILES string of the molecule is COc1ccccc1-c1ccc(CN2CCCCC2CNC(=O)CCN)cc1.Cl. The van der Waals surface area contributed by atoms with E-state index in [0.717, 1.165) is 36.4 Å². The average Bonchev–Trinajstić information content (AvgIpc) is 2.74. The number of carbonyl (C=O) groups is 1. The summed E-state index contributed by atoms with van der Waals surface area (Å²) in [5.41, 5.74) is 9.02. The van der Waals surface area contributed by atoms with E-state index < -0.39 is 0 Å². The first-order valence-electron chi connectivity index (χ1n) is 10.1. The van der Waals surface area contributed by atoms with Crippen LogP contribution in [0.3, 0.4) is 0 Å². The number of carbonyl (C=O) groups excluding carboxylic acids is 1. The molecule has 1 heterocycles. The third-order valence-corrected chi connectivity index (χ3v) is 5.41. The van der Waals surface area contributed by atoms with Crippen LogP contribution < -0.4 is 15.8 Å². The zero-order chi connectivity index (χ0) is 19.8. The van der Waals surface area contributed by atoms with Crippen molar-refractivity contribution < 1.29 is 9.53 Å². The highest BCUT2D eigenvalue weighted by Gasteiger charge is 2.22. The molecule has 1 atom stereocenters. The van der Waals surface area contributed by atoms with Gasteiger partial charge in [0.1, 0.15) is 5.75 Å². The van der Waals surface area contributed by atoms with Gasteiger partial charge in [0.2, 0.25) is 5.91 Å². The molecule has 1 saturated heterocycles. The fraction of sp³-hybridized carbons (Fsp3) is 0.435. The van der Waals surface area contributed by atoms with Crippen molar-refractivity contribution in [2.45, 2.75) is 38.3 Å². The van der Waals surface area contributed by atoms with E-state index in [-0.39, 0.29) is 18.3 Å². The molecule has 1 fully saturated rings. The maximum Gasteiger partial charge on any atom is 0.221 e. The average molecular weight is 418 g/mol. The Bertz CT molecular complexity index is 767. The quantitative estimate of drug-likeness (QED) is 0.688. The molecule has 1 unspecified atom stereocenters. The number of nitrogens with one attached hydrogen (secondary N) is 1. The molecule has 2 aromatic rings. The number of hydrogen-bond acceptors (Lipinski definition) is 4. The molecule has 158 valence electrons. The van der Waals surface area contributed by atoms with Gasteiger partial charge in [-0.15, -0.1) is 12.4 Å². The monoisotopic (exact) mass is 417 g/mol. The molecule has 29 heavy (non-hydrogen) atoms. The van der Waals surface area contributed by atoms with Crippen molar-refractivity contribution in [2.75, 3.05) is 26.7 Å². The predicted octanol–water partition coefficient (Wildman–Crippen LogP) is 3.60. The molecule has 1 amide bonds. The summed E-state index contributed by atoms with van der Waals surface area (Å²) in [5, 5.41) is 3.04. The van der Waals surface area contributed by atoms with E-state index in [4.69, 9.17) is 10.5 Å². The molecule has 1 aliphatic heterocycles. The summed E-state index contributed by atoms with van der Waals surface area (Å²) in [6.45, 7) is 3.09. The number of halogens is 1. The number of nitrogens with two attached hydrogens (primary N) is 1. The number of ether oxygens (including phenoxy) is 1. The van der Waals surface area contributed by atoms with Gasteiger partial charge in [0.25, 0.3) is 0 Å². The Kier molecular flexibility index (Phi) is 9.45. The number of nitrogens with zero attached hydrogens (tertiary/aromatic N) is 1. The van der Waals surface area contributed by atoms with Crippen molar-refractivity contribution in [3.05, 3.63) is 54.1 Å². The Morgan fingerprint density at radius 1 is 1.17 bits per heavy atom. The molecule has 0 spiro atoms. The van der Waals surface area contributed by atoms with Crippen molar-refractivity contribution in [3.63, 3.8) is 0 Å². The lowest BCUT2D eigenvalue weighted by atomic mass is 9.99. The summed E-state index contributed by atoms with van der Waals surface area (Å²) in [7, 11) is 1.70. The molecule has 1 aliphatic rings. The number of likely N-dealkylation sites (tertiary alicyclic amines) is 1. The summed E-state index contributed by atoms with van der Waals surface area (Å²) in [6, 6.07) is 17.2. The van der Waals surface area contributed by atoms with Crippen LogP contribution in [-0.4, -0.2) is 43.6 Å². The first-order valence-corrected chi connectivity index (χ1v) is 10.1. The van der Waals surface area contributed by atoms with Gasteiger partial charge < -0.3 is 15.8 Å². The fourth-order valence-electron chi connectivity index (χ4n) is 3.86. The minimum absolute atomic E-state index is 0. The first-order chi connectivity index (χ1) is 13.7. The number of methoxy groups -OCH3 is 1. The molecule has 0 radical (unpaired) electrons. The smallest absolute Gasteiger partial charge is 0.221 e. The molecule has 0 saturated carbocycles. The topological polar surface area (TPSA) is 67.6 Å². The molecule has 3 rings (SSSR count).